The first kappa shape index (κ1) is 21.3. The van der Waals surface area contributed by atoms with E-state index in [1.807, 2.05) is 6.07 Å². The second-order valence-corrected chi connectivity index (χ2v) is 7.29. The Balaban J connectivity index is 1.86. The maximum Gasteiger partial charge on any atom is 0.352 e. The molecule has 6 nitrogen and oxygen atoms in total. The van der Waals surface area contributed by atoms with Crippen LogP contribution < -0.4 is 17.0 Å². The molecule has 1 atom stereocenters. The minimum Gasteiger partial charge on any atom is -0.322 e. The normalized spacial score (nSPS) is 12.0. The first-order chi connectivity index (χ1) is 15.5. The van der Waals surface area contributed by atoms with Gasteiger partial charge in [-0.2, -0.15) is 9.78 Å². The lowest BCUT2D eigenvalue weighted by Crippen LogP contribution is -2.44. The van der Waals surface area contributed by atoms with Crippen LogP contribution in [0, 0.1) is 11.6 Å². The predicted octanol–water partition coefficient (Wildman–Crippen LogP) is 2.96. The quantitative estimate of drug-likeness (QED) is 0.506. The highest BCUT2D eigenvalue weighted by molar-refractivity contribution is 5.30. The zero-order valence-corrected chi connectivity index (χ0v) is 17.0. The lowest BCUT2D eigenvalue weighted by Gasteiger charge is -2.16. The maximum absolute atomic E-state index is 14.2. The zero-order chi connectivity index (χ0) is 22.7. The van der Waals surface area contributed by atoms with Crippen LogP contribution in [0.5, 0.6) is 0 Å². The fourth-order valence-electron chi connectivity index (χ4n) is 3.44. The Bertz CT molecular complexity index is 1330. The number of hydrogen-bond donors (Lipinski definition) is 1. The molecule has 3 aromatic carbocycles. The summed E-state index contributed by atoms with van der Waals surface area (Å²) in [6.07, 6.45) is -0.412. The van der Waals surface area contributed by atoms with E-state index in [1.54, 1.807) is 54.6 Å². The third-order valence-corrected chi connectivity index (χ3v) is 5.14. The molecule has 4 aromatic rings. The van der Waals surface area contributed by atoms with Crippen molar-refractivity contribution in [2.75, 3.05) is 0 Å². The largest absolute Gasteiger partial charge is 0.352 e. The first-order valence-electron chi connectivity index (χ1n) is 9.97. The van der Waals surface area contributed by atoms with Crippen LogP contribution in [0.15, 0.2) is 88.5 Å². The predicted molar refractivity (Wildman–Crippen MR) is 117 cm³/mol. The number of para-hydroxylation sites is 1. The molecule has 1 heterocycles. The Kier molecular flexibility index (Phi) is 6.04. The van der Waals surface area contributed by atoms with Crippen LogP contribution in [-0.4, -0.2) is 14.3 Å². The van der Waals surface area contributed by atoms with Crippen molar-refractivity contribution in [1.29, 1.82) is 0 Å². The summed E-state index contributed by atoms with van der Waals surface area (Å²) in [5, 5.41) is 4.16. The summed E-state index contributed by atoms with van der Waals surface area (Å²) in [7, 11) is 0. The van der Waals surface area contributed by atoms with Gasteiger partial charge in [-0.1, -0.05) is 54.6 Å². The topological polar surface area (TPSA) is 82.9 Å². The lowest BCUT2D eigenvalue weighted by molar-refractivity contribution is 0.500. The van der Waals surface area contributed by atoms with E-state index in [2.05, 4.69) is 5.10 Å². The van der Waals surface area contributed by atoms with Crippen molar-refractivity contribution >= 4 is 0 Å². The van der Waals surface area contributed by atoms with Gasteiger partial charge in [0, 0.05) is 18.0 Å². The molecule has 0 aliphatic rings. The molecule has 0 bridgehead atoms. The van der Waals surface area contributed by atoms with Crippen molar-refractivity contribution in [3.05, 3.63) is 128 Å². The van der Waals surface area contributed by atoms with E-state index in [0.29, 0.717) is 5.69 Å². The molecular weight excluding hydrogens is 414 g/mol. The smallest absolute Gasteiger partial charge is 0.322 e. The summed E-state index contributed by atoms with van der Waals surface area (Å²) >= 11 is 0. The molecule has 0 fully saturated rings. The second-order valence-electron chi connectivity index (χ2n) is 7.29. The number of halogens is 2. The van der Waals surface area contributed by atoms with Crippen LogP contribution in [-0.2, 0) is 13.0 Å². The van der Waals surface area contributed by atoms with Crippen LogP contribution in [0.25, 0.3) is 5.69 Å². The monoisotopic (exact) mass is 434 g/mol. The molecular formula is C24H20F2N4O2. The van der Waals surface area contributed by atoms with Gasteiger partial charge in [-0.15, -0.1) is 0 Å². The average Bonchev–Trinajstić information content (AvgIpc) is 2.81. The first-order valence-corrected chi connectivity index (χ1v) is 9.97. The van der Waals surface area contributed by atoms with Gasteiger partial charge in [0.25, 0.3) is 5.56 Å². The summed E-state index contributed by atoms with van der Waals surface area (Å²) in [5.74, 6) is -1.59. The van der Waals surface area contributed by atoms with Gasteiger partial charge in [-0.05, 0) is 29.8 Å². The third-order valence-electron chi connectivity index (χ3n) is 5.14. The number of hydrogen-bond acceptors (Lipinski definition) is 4. The number of aromatic nitrogens is 3. The van der Waals surface area contributed by atoms with E-state index in [0.717, 1.165) is 26.9 Å². The standard InChI is InChI=1S/C24H20F2N4O2/c25-19-12-7-13-20(26)18(19)14-22-23(31)29(15-21(27)16-8-3-1-4-9-16)24(32)30(28-22)17-10-5-2-6-11-17/h1-13,21H,14-15,27H2. The second kappa shape index (κ2) is 9.07. The van der Waals surface area contributed by atoms with Crippen LogP contribution in [0.2, 0.25) is 0 Å². The van der Waals surface area contributed by atoms with Gasteiger partial charge in [-0.3, -0.25) is 9.36 Å². The molecule has 162 valence electrons. The van der Waals surface area contributed by atoms with Gasteiger partial charge in [0.1, 0.15) is 17.3 Å². The Hall–Kier alpha value is -3.91. The molecule has 8 heteroatoms. The van der Waals surface area contributed by atoms with E-state index in [1.165, 1.54) is 6.07 Å². The van der Waals surface area contributed by atoms with E-state index < -0.39 is 35.3 Å². The molecule has 0 spiro atoms. The van der Waals surface area contributed by atoms with Gasteiger partial charge >= 0.3 is 5.69 Å². The fraction of sp³-hybridized carbons (Fsp3) is 0.125. The summed E-state index contributed by atoms with van der Waals surface area (Å²) in [4.78, 5) is 26.3. The van der Waals surface area contributed by atoms with E-state index in [9.17, 15) is 18.4 Å². The van der Waals surface area contributed by atoms with Crippen molar-refractivity contribution in [2.45, 2.75) is 19.0 Å². The SMILES string of the molecule is NC(Cn1c(=O)c(Cc2c(F)cccc2F)nn(-c2ccccc2)c1=O)c1ccccc1. The molecule has 0 aliphatic carbocycles. The summed E-state index contributed by atoms with van der Waals surface area (Å²) in [6.45, 7) is -0.121. The molecule has 32 heavy (non-hydrogen) atoms. The number of nitrogens with two attached hydrogens (primary N) is 1. The van der Waals surface area contributed by atoms with Gasteiger partial charge in [0.2, 0.25) is 0 Å². The van der Waals surface area contributed by atoms with Crippen LogP contribution in [0.4, 0.5) is 8.78 Å². The minimum absolute atomic E-state index is 0.121. The Morgan fingerprint density at radius 3 is 2.06 bits per heavy atom. The molecule has 2 N–H and O–H groups in total. The van der Waals surface area contributed by atoms with Crippen molar-refractivity contribution in [3.63, 3.8) is 0 Å². The summed E-state index contributed by atoms with van der Waals surface area (Å²) in [5.41, 5.74) is 5.51. The molecule has 0 radical (unpaired) electrons. The maximum atomic E-state index is 14.2. The lowest BCUT2D eigenvalue weighted by atomic mass is 10.1. The van der Waals surface area contributed by atoms with Crippen molar-refractivity contribution in [3.8, 4) is 5.69 Å². The Labute approximate surface area is 182 Å². The minimum atomic E-state index is -0.795. The highest BCUT2D eigenvalue weighted by Gasteiger charge is 2.20. The van der Waals surface area contributed by atoms with E-state index >= 15 is 0 Å². The number of rotatable bonds is 6. The van der Waals surface area contributed by atoms with Gasteiger partial charge in [-0.25, -0.2) is 13.6 Å². The van der Waals surface area contributed by atoms with Crippen LogP contribution in [0.3, 0.4) is 0 Å². The zero-order valence-electron chi connectivity index (χ0n) is 17.0. The van der Waals surface area contributed by atoms with Crippen LogP contribution >= 0.6 is 0 Å². The van der Waals surface area contributed by atoms with E-state index in [4.69, 9.17) is 5.73 Å². The molecule has 1 unspecified atom stereocenters. The van der Waals surface area contributed by atoms with Gasteiger partial charge in [0.05, 0.1) is 12.2 Å². The Morgan fingerprint density at radius 1 is 0.844 bits per heavy atom. The molecule has 0 amide bonds. The van der Waals surface area contributed by atoms with Crippen molar-refractivity contribution < 1.29 is 8.78 Å². The third kappa shape index (κ3) is 4.26. The molecule has 0 saturated heterocycles. The van der Waals surface area contributed by atoms with E-state index in [-0.39, 0.29) is 17.8 Å². The fourth-order valence-corrected chi connectivity index (χ4v) is 3.44. The van der Waals surface area contributed by atoms with Crippen LogP contribution in [0.1, 0.15) is 22.9 Å². The van der Waals surface area contributed by atoms with Crippen molar-refractivity contribution in [1.82, 2.24) is 14.3 Å². The van der Waals surface area contributed by atoms with Gasteiger partial charge < -0.3 is 5.73 Å². The highest BCUT2D eigenvalue weighted by atomic mass is 19.1. The van der Waals surface area contributed by atoms with Gasteiger partial charge in [0.15, 0.2) is 0 Å². The molecule has 0 saturated carbocycles. The number of benzene rings is 3. The number of nitrogens with zero attached hydrogens (tertiary/aromatic N) is 3. The highest BCUT2D eigenvalue weighted by Crippen LogP contribution is 2.15. The molecule has 0 aliphatic heterocycles. The summed E-state index contributed by atoms with van der Waals surface area (Å²) in [6, 6.07) is 20.3. The summed E-state index contributed by atoms with van der Waals surface area (Å²) < 4.78 is 30.5. The molecule has 4 rings (SSSR count). The Morgan fingerprint density at radius 2 is 1.44 bits per heavy atom. The van der Waals surface area contributed by atoms with Crippen molar-refractivity contribution in [2.24, 2.45) is 5.73 Å². The molecule has 1 aromatic heterocycles. The average molecular weight is 434 g/mol.